The molecule has 2 heteroatoms. The van der Waals surface area contributed by atoms with Crippen molar-refractivity contribution in [3.8, 4) is 0 Å². The largest absolute Gasteiger partial charge is 0.326 e. The third kappa shape index (κ3) is 3.24. The molecule has 1 fully saturated rings. The van der Waals surface area contributed by atoms with Crippen molar-refractivity contribution >= 4 is 11.6 Å². The van der Waals surface area contributed by atoms with Crippen LogP contribution in [0.3, 0.4) is 0 Å². The van der Waals surface area contributed by atoms with E-state index in [4.69, 9.17) is 0 Å². The molecule has 1 aliphatic carbocycles. The van der Waals surface area contributed by atoms with Crippen molar-refractivity contribution in [1.82, 2.24) is 0 Å². The second-order valence-electron chi connectivity index (χ2n) is 8.10. The summed E-state index contributed by atoms with van der Waals surface area (Å²) in [7, 11) is 0. The minimum Gasteiger partial charge on any atom is -0.326 e. The minimum absolute atomic E-state index is 0.0108. The molecule has 0 aromatic heterocycles. The van der Waals surface area contributed by atoms with Gasteiger partial charge in [0.2, 0.25) is 5.91 Å². The van der Waals surface area contributed by atoms with Crippen LogP contribution in [0.2, 0.25) is 0 Å². The zero-order chi connectivity index (χ0) is 19.7. The van der Waals surface area contributed by atoms with Crippen LogP contribution < -0.4 is 5.32 Å². The lowest BCUT2D eigenvalue weighted by Crippen LogP contribution is -2.43. The Kier molecular flexibility index (Phi) is 4.80. The van der Waals surface area contributed by atoms with Gasteiger partial charge in [-0.1, -0.05) is 71.8 Å². The first-order valence-corrected chi connectivity index (χ1v) is 10.0. The summed E-state index contributed by atoms with van der Waals surface area (Å²) in [4.78, 5) is 11.3. The molecule has 0 radical (unpaired) electrons. The summed E-state index contributed by atoms with van der Waals surface area (Å²) in [5, 5.41) is 2.86. The van der Waals surface area contributed by atoms with Gasteiger partial charge in [-0.05, 0) is 61.4 Å². The molecule has 4 rings (SSSR count). The number of hydrogen-bond acceptors (Lipinski definition) is 1. The molecule has 1 saturated carbocycles. The van der Waals surface area contributed by atoms with E-state index in [1.54, 1.807) is 6.92 Å². The predicted molar refractivity (Wildman–Crippen MR) is 116 cm³/mol. The lowest BCUT2D eigenvalue weighted by atomic mass is 9.52. The van der Waals surface area contributed by atoms with Crippen molar-refractivity contribution in [1.29, 1.82) is 0 Å². The van der Waals surface area contributed by atoms with Crippen LogP contribution in [-0.2, 0) is 10.2 Å². The average molecular weight is 370 g/mol. The highest BCUT2D eigenvalue weighted by Gasteiger charge is 2.49. The molecular formula is C26H27NO. The molecule has 1 unspecified atom stereocenters. The Morgan fingerprint density at radius 3 is 1.71 bits per heavy atom. The molecule has 0 spiro atoms. The molecule has 2 nitrogen and oxygen atoms in total. The number of benzene rings is 3. The molecular weight excluding hydrogens is 342 g/mol. The molecule has 1 aliphatic rings. The van der Waals surface area contributed by atoms with Crippen LogP contribution >= 0.6 is 0 Å². The van der Waals surface area contributed by atoms with E-state index >= 15 is 0 Å². The van der Waals surface area contributed by atoms with E-state index in [0.717, 1.165) is 12.1 Å². The smallest absolute Gasteiger partial charge is 0.221 e. The fourth-order valence-corrected chi connectivity index (χ4v) is 4.59. The van der Waals surface area contributed by atoms with E-state index in [-0.39, 0.29) is 11.3 Å². The molecule has 3 aromatic carbocycles. The Morgan fingerprint density at radius 2 is 1.32 bits per heavy atom. The molecule has 0 aliphatic heterocycles. The first kappa shape index (κ1) is 18.5. The van der Waals surface area contributed by atoms with Gasteiger partial charge in [0.1, 0.15) is 0 Å². The maximum absolute atomic E-state index is 11.3. The summed E-state index contributed by atoms with van der Waals surface area (Å²) in [6.07, 6.45) is 2.32. The number of nitrogens with one attached hydrogen (secondary N) is 1. The third-order valence-electron chi connectivity index (χ3n) is 6.19. The van der Waals surface area contributed by atoms with E-state index in [9.17, 15) is 4.79 Å². The molecule has 1 amide bonds. The second-order valence-corrected chi connectivity index (χ2v) is 8.10. The number of hydrogen-bond donors (Lipinski definition) is 1. The number of amides is 1. The third-order valence-corrected chi connectivity index (χ3v) is 6.19. The van der Waals surface area contributed by atoms with Crippen LogP contribution in [-0.4, -0.2) is 5.91 Å². The van der Waals surface area contributed by atoms with Gasteiger partial charge in [0.05, 0.1) is 0 Å². The van der Waals surface area contributed by atoms with Crippen molar-refractivity contribution in [2.75, 3.05) is 5.32 Å². The molecule has 0 saturated heterocycles. The maximum Gasteiger partial charge on any atom is 0.221 e. The summed E-state index contributed by atoms with van der Waals surface area (Å²) in [6.45, 7) is 5.82. The Hall–Kier alpha value is -2.87. The van der Waals surface area contributed by atoms with E-state index in [2.05, 4.69) is 79.8 Å². The lowest BCUT2D eigenvalue weighted by Gasteiger charge is -2.51. The molecule has 0 bridgehead atoms. The van der Waals surface area contributed by atoms with Gasteiger partial charge in [0.15, 0.2) is 0 Å². The monoisotopic (exact) mass is 369 g/mol. The molecule has 1 atom stereocenters. The lowest BCUT2D eigenvalue weighted by molar-refractivity contribution is -0.114. The molecule has 0 heterocycles. The Balaban J connectivity index is 1.76. The van der Waals surface area contributed by atoms with Crippen molar-refractivity contribution in [2.45, 2.75) is 44.9 Å². The van der Waals surface area contributed by atoms with Gasteiger partial charge in [-0.25, -0.2) is 0 Å². The highest BCUT2D eigenvalue weighted by atomic mass is 16.1. The summed E-state index contributed by atoms with van der Waals surface area (Å²) in [5.41, 5.74) is 7.56. The van der Waals surface area contributed by atoms with Crippen molar-refractivity contribution in [3.05, 3.63) is 101 Å². The van der Waals surface area contributed by atoms with Gasteiger partial charge >= 0.3 is 0 Å². The van der Waals surface area contributed by atoms with Gasteiger partial charge in [-0.2, -0.15) is 0 Å². The van der Waals surface area contributed by atoms with Crippen LogP contribution in [0.5, 0.6) is 0 Å². The van der Waals surface area contributed by atoms with Crippen LogP contribution in [0.15, 0.2) is 72.8 Å². The van der Waals surface area contributed by atoms with E-state index in [0.29, 0.717) is 5.92 Å². The molecule has 1 N–H and O–H groups in total. The first-order valence-electron chi connectivity index (χ1n) is 10.0. The van der Waals surface area contributed by atoms with Crippen molar-refractivity contribution < 1.29 is 4.79 Å². The fraction of sp³-hybridized carbons (Fsp3) is 0.269. The van der Waals surface area contributed by atoms with Crippen molar-refractivity contribution in [3.63, 3.8) is 0 Å². The molecule has 3 aromatic rings. The molecule has 28 heavy (non-hydrogen) atoms. The first-order chi connectivity index (χ1) is 13.5. The van der Waals surface area contributed by atoms with Gasteiger partial charge in [0, 0.05) is 18.0 Å². The van der Waals surface area contributed by atoms with Crippen LogP contribution in [0, 0.1) is 13.8 Å². The number of carbonyl (C=O) groups excluding carboxylic acids is 1. The Bertz CT molecular complexity index is 923. The summed E-state index contributed by atoms with van der Waals surface area (Å²) in [6, 6.07) is 26.5. The topological polar surface area (TPSA) is 29.1 Å². The number of anilines is 1. The zero-order valence-corrected chi connectivity index (χ0v) is 16.8. The normalized spacial score (nSPS) is 17.6. The average Bonchev–Trinajstić information content (AvgIpc) is 2.65. The van der Waals surface area contributed by atoms with Gasteiger partial charge in [-0.3, -0.25) is 4.79 Å². The number of aryl methyl sites for hydroxylation is 2. The summed E-state index contributed by atoms with van der Waals surface area (Å²) < 4.78 is 0. The van der Waals surface area contributed by atoms with Crippen LogP contribution in [0.1, 0.15) is 53.5 Å². The van der Waals surface area contributed by atoms with Crippen LogP contribution in [0.25, 0.3) is 0 Å². The SMILES string of the molecule is CC(=O)Nc1ccc(C2CCC2(c2ccc(C)cc2)c2ccc(C)cc2)cc1. The highest BCUT2D eigenvalue weighted by molar-refractivity contribution is 5.88. The van der Waals surface area contributed by atoms with E-state index in [1.165, 1.54) is 34.2 Å². The van der Waals surface area contributed by atoms with E-state index in [1.807, 2.05) is 12.1 Å². The Morgan fingerprint density at radius 1 is 0.821 bits per heavy atom. The second kappa shape index (κ2) is 7.27. The van der Waals surface area contributed by atoms with Gasteiger partial charge < -0.3 is 5.32 Å². The summed E-state index contributed by atoms with van der Waals surface area (Å²) >= 11 is 0. The zero-order valence-electron chi connectivity index (χ0n) is 16.8. The van der Waals surface area contributed by atoms with Gasteiger partial charge in [0.25, 0.3) is 0 Å². The highest BCUT2D eigenvalue weighted by Crippen LogP contribution is 2.58. The minimum atomic E-state index is -0.0370. The van der Waals surface area contributed by atoms with Crippen LogP contribution in [0.4, 0.5) is 5.69 Å². The fourth-order valence-electron chi connectivity index (χ4n) is 4.59. The van der Waals surface area contributed by atoms with E-state index < -0.39 is 0 Å². The van der Waals surface area contributed by atoms with Gasteiger partial charge in [-0.15, -0.1) is 0 Å². The van der Waals surface area contributed by atoms with Crippen molar-refractivity contribution in [2.24, 2.45) is 0 Å². The maximum atomic E-state index is 11.3. The summed E-state index contributed by atoms with van der Waals surface area (Å²) in [5.74, 6) is 0.398. The standard InChI is InChI=1S/C26H27NO/c1-18-4-10-22(11-5-18)26(23-12-6-19(2)7-13-23)17-16-25(26)21-8-14-24(15-9-21)27-20(3)28/h4-15,25H,16-17H2,1-3H3,(H,27,28). The number of carbonyl (C=O) groups is 1. The quantitative estimate of drug-likeness (QED) is 0.589. The number of rotatable bonds is 4. The predicted octanol–water partition coefficient (Wildman–Crippen LogP) is 6.13. The Labute approximate surface area is 167 Å². The molecule has 142 valence electrons.